The SMILES string of the molecule is C1COCCN1.Cc1cccc(-c2cc(C(=O)O)c3ccccc3n2)c1. The van der Waals surface area contributed by atoms with Crippen LogP contribution in [0.3, 0.4) is 0 Å². The lowest BCUT2D eigenvalue weighted by Gasteiger charge is -2.10. The molecule has 1 aliphatic rings. The van der Waals surface area contributed by atoms with Crippen molar-refractivity contribution in [2.24, 2.45) is 0 Å². The summed E-state index contributed by atoms with van der Waals surface area (Å²) < 4.78 is 5.01. The summed E-state index contributed by atoms with van der Waals surface area (Å²) in [5, 5.41) is 13.2. The number of aromatic nitrogens is 1. The van der Waals surface area contributed by atoms with Crippen LogP contribution in [0.5, 0.6) is 0 Å². The maximum absolute atomic E-state index is 11.4. The smallest absolute Gasteiger partial charge is 0.336 e. The molecule has 2 N–H and O–H groups in total. The molecule has 1 fully saturated rings. The quantitative estimate of drug-likeness (QED) is 0.740. The van der Waals surface area contributed by atoms with Gasteiger partial charge in [-0.25, -0.2) is 9.78 Å². The van der Waals surface area contributed by atoms with Crippen LogP contribution in [0.2, 0.25) is 0 Å². The molecule has 0 aliphatic carbocycles. The lowest BCUT2D eigenvalue weighted by molar-refractivity contribution is 0.0699. The molecule has 2 heterocycles. The Hall–Kier alpha value is -2.76. The first-order valence-electron chi connectivity index (χ1n) is 8.64. The van der Waals surface area contributed by atoms with E-state index in [0.29, 0.717) is 16.6 Å². The standard InChI is InChI=1S/C17H13NO2.C4H9NO/c1-11-5-4-6-12(9-11)16-10-14(17(19)20)13-7-2-3-8-15(13)18-16;1-3-6-4-2-5-1/h2-10H,1H3,(H,19,20);5H,1-4H2. The van der Waals surface area contributed by atoms with Gasteiger partial charge in [0.1, 0.15) is 0 Å². The second kappa shape index (κ2) is 8.56. The summed E-state index contributed by atoms with van der Waals surface area (Å²) in [5.74, 6) is -0.933. The number of pyridine rings is 1. The molecule has 3 aromatic rings. The zero-order chi connectivity index (χ0) is 18.4. The number of fused-ring (bicyclic) bond motifs is 1. The highest BCUT2D eigenvalue weighted by Crippen LogP contribution is 2.25. The third-order valence-electron chi connectivity index (χ3n) is 4.11. The van der Waals surface area contributed by atoms with E-state index in [2.05, 4.69) is 10.3 Å². The number of hydrogen-bond acceptors (Lipinski definition) is 4. The number of carbonyl (C=O) groups is 1. The van der Waals surface area contributed by atoms with Gasteiger partial charge in [-0.2, -0.15) is 0 Å². The largest absolute Gasteiger partial charge is 0.478 e. The van der Waals surface area contributed by atoms with Gasteiger partial charge in [-0.3, -0.25) is 0 Å². The normalized spacial score (nSPS) is 13.7. The molecule has 5 nitrogen and oxygen atoms in total. The highest BCUT2D eigenvalue weighted by atomic mass is 16.5. The van der Waals surface area contributed by atoms with Gasteiger partial charge in [0.15, 0.2) is 0 Å². The van der Waals surface area contributed by atoms with Crippen LogP contribution >= 0.6 is 0 Å². The number of para-hydroxylation sites is 1. The topological polar surface area (TPSA) is 71.5 Å². The molecule has 2 aromatic carbocycles. The number of morpholine rings is 1. The number of benzene rings is 2. The maximum Gasteiger partial charge on any atom is 0.336 e. The summed E-state index contributed by atoms with van der Waals surface area (Å²) in [5.41, 5.74) is 3.72. The first kappa shape index (κ1) is 18.0. The van der Waals surface area contributed by atoms with E-state index < -0.39 is 5.97 Å². The number of hydrogen-bond donors (Lipinski definition) is 2. The number of aryl methyl sites for hydroxylation is 1. The van der Waals surface area contributed by atoms with E-state index in [4.69, 9.17) is 4.74 Å². The minimum Gasteiger partial charge on any atom is -0.478 e. The number of nitrogens with one attached hydrogen (secondary N) is 1. The summed E-state index contributed by atoms with van der Waals surface area (Å²) in [4.78, 5) is 16.0. The Morgan fingerprint density at radius 1 is 1.08 bits per heavy atom. The van der Waals surface area contributed by atoms with Crippen LogP contribution in [0.1, 0.15) is 15.9 Å². The van der Waals surface area contributed by atoms with Crippen LogP contribution in [0.15, 0.2) is 54.6 Å². The predicted molar refractivity (Wildman–Crippen MR) is 103 cm³/mol. The molecule has 5 heteroatoms. The maximum atomic E-state index is 11.4. The van der Waals surface area contributed by atoms with Crippen LogP contribution in [0.25, 0.3) is 22.2 Å². The number of ether oxygens (including phenoxy) is 1. The van der Waals surface area contributed by atoms with Crippen LogP contribution in [0, 0.1) is 6.92 Å². The van der Waals surface area contributed by atoms with Crippen molar-refractivity contribution in [3.8, 4) is 11.3 Å². The number of carboxylic acids is 1. The van der Waals surface area contributed by atoms with Gasteiger partial charge >= 0.3 is 5.97 Å². The van der Waals surface area contributed by atoms with Gasteiger partial charge in [0.2, 0.25) is 0 Å². The average Bonchev–Trinajstić information content (AvgIpc) is 2.69. The predicted octanol–water partition coefficient (Wildman–Crippen LogP) is 3.51. The molecule has 1 aliphatic heterocycles. The second-order valence-corrected chi connectivity index (χ2v) is 6.11. The van der Waals surface area contributed by atoms with E-state index in [-0.39, 0.29) is 5.56 Å². The lowest BCUT2D eigenvalue weighted by Crippen LogP contribution is -2.30. The average molecular weight is 350 g/mol. The van der Waals surface area contributed by atoms with Gasteiger partial charge in [0, 0.05) is 24.0 Å². The Morgan fingerprint density at radius 2 is 1.85 bits per heavy atom. The van der Waals surface area contributed by atoms with Crippen molar-refractivity contribution in [3.05, 3.63) is 65.7 Å². The van der Waals surface area contributed by atoms with Gasteiger partial charge in [-0.05, 0) is 25.1 Å². The molecule has 1 aromatic heterocycles. The molecule has 0 radical (unpaired) electrons. The Labute approximate surface area is 152 Å². The van der Waals surface area contributed by atoms with Gasteiger partial charge in [0.25, 0.3) is 0 Å². The highest BCUT2D eigenvalue weighted by Gasteiger charge is 2.12. The number of aromatic carboxylic acids is 1. The van der Waals surface area contributed by atoms with Crippen molar-refractivity contribution in [1.29, 1.82) is 0 Å². The summed E-state index contributed by atoms with van der Waals surface area (Å²) >= 11 is 0. The number of rotatable bonds is 2. The fraction of sp³-hybridized carbons (Fsp3) is 0.238. The van der Waals surface area contributed by atoms with Crippen molar-refractivity contribution < 1.29 is 14.6 Å². The first-order valence-corrected chi connectivity index (χ1v) is 8.64. The minimum absolute atomic E-state index is 0.284. The van der Waals surface area contributed by atoms with Crippen molar-refractivity contribution in [3.63, 3.8) is 0 Å². The van der Waals surface area contributed by atoms with Gasteiger partial charge in [-0.1, -0.05) is 42.0 Å². The van der Waals surface area contributed by atoms with Crippen LogP contribution in [0.4, 0.5) is 0 Å². The summed E-state index contributed by atoms with van der Waals surface area (Å²) in [7, 11) is 0. The fourth-order valence-electron chi connectivity index (χ4n) is 2.82. The third-order valence-corrected chi connectivity index (χ3v) is 4.11. The third kappa shape index (κ3) is 4.45. The molecule has 0 spiro atoms. The van der Waals surface area contributed by atoms with E-state index in [9.17, 15) is 9.90 Å². The lowest BCUT2D eigenvalue weighted by atomic mass is 10.0. The number of nitrogens with zero attached hydrogens (tertiary/aromatic N) is 1. The Balaban J connectivity index is 0.000000278. The van der Waals surface area contributed by atoms with Crippen LogP contribution in [-0.2, 0) is 4.74 Å². The van der Waals surface area contributed by atoms with Crippen molar-refractivity contribution in [1.82, 2.24) is 10.3 Å². The second-order valence-electron chi connectivity index (χ2n) is 6.11. The van der Waals surface area contributed by atoms with Crippen molar-refractivity contribution >= 4 is 16.9 Å². The Kier molecular flexibility index (Phi) is 5.94. The van der Waals surface area contributed by atoms with Gasteiger partial charge < -0.3 is 15.2 Å². The number of carboxylic acid groups (broad SMARTS) is 1. The zero-order valence-corrected chi connectivity index (χ0v) is 14.7. The minimum atomic E-state index is -0.933. The molecule has 0 unspecified atom stereocenters. The van der Waals surface area contributed by atoms with Gasteiger partial charge in [-0.15, -0.1) is 0 Å². The first-order chi connectivity index (χ1) is 12.6. The molecule has 26 heavy (non-hydrogen) atoms. The van der Waals surface area contributed by atoms with E-state index in [1.54, 1.807) is 12.1 Å². The van der Waals surface area contributed by atoms with Crippen LogP contribution in [-0.4, -0.2) is 42.4 Å². The Bertz CT molecular complexity index is 893. The molecule has 1 saturated heterocycles. The monoisotopic (exact) mass is 350 g/mol. The molecule has 4 rings (SSSR count). The van der Waals surface area contributed by atoms with Crippen molar-refractivity contribution in [2.75, 3.05) is 26.3 Å². The fourth-order valence-corrected chi connectivity index (χ4v) is 2.82. The van der Waals surface area contributed by atoms with Crippen molar-refractivity contribution in [2.45, 2.75) is 6.92 Å². The molecule has 0 saturated carbocycles. The zero-order valence-electron chi connectivity index (χ0n) is 14.7. The summed E-state index contributed by atoms with van der Waals surface area (Å²) in [6.45, 7) is 5.84. The summed E-state index contributed by atoms with van der Waals surface area (Å²) in [6, 6.07) is 16.8. The molecule has 0 bridgehead atoms. The van der Waals surface area contributed by atoms with Gasteiger partial charge in [0.05, 0.1) is 30.0 Å². The molecule has 134 valence electrons. The molecular formula is C21H22N2O3. The highest BCUT2D eigenvalue weighted by molar-refractivity contribution is 6.03. The molecule has 0 atom stereocenters. The molecular weight excluding hydrogens is 328 g/mol. The van der Waals surface area contributed by atoms with E-state index in [0.717, 1.165) is 37.4 Å². The van der Waals surface area contributed by atoms with E-state index in [1.165, 1.54) is 0 Å². The molecule has 0 amide bonds. The Morgan fingerprint density at radius 3 is 2.46 bits per heavy atom. The van der Waals surface area contributed by atoms with E-state index >= 15 is 0 Å². The van der Waals surface area contributed by atoms with Crippen LogP contribution < -0.4 is 5.32 Å². The summed E-state index contributed by atoms with van der Waals surface area (Å²) in [6.07, 6.45) is 0. The van der Waals surface area contributed by atoms with E-state index in [1.807, 2.05) is 49.4 Å².